The molecule has 0 aliphatic carbocycles. The Morgan fingerprint density at radius 2 is 1.61 bits per heavy atom. The molecule has 62 heavy (non-hydrogen) atoms. The van der Waals surface area contributed by atoms with E-state index in [0.29, 0.717) is 89.6 Å². The fourth-order valence-electron chi connectivity index (χ4n) is 7.83. The number of rotatable bonds is 19. The monoisotopic (exact) mass is 858 g/mol. The molecule has 2 aromatic carbocycles. The van der Waals surface area contributed by atoms with Gasteiger partial charge in [-0.15, -0.1) is 0 Å². The van der Waals surface area contributed by atoms with E-state index in [9.17, 15) is 32.8 Å². The number of fused-ring (bicyclic) bond motifs is 1. The quantitative estimate of drug-likeness (QED) is 0.0798. The van der Waals surface area contributed by atoms with Crippen molar-refractivity contribution in [3.8, 4) is 0 Å². The fourth-order valence-corrected chi connectivity index (χ4v) is 7.83. The van der Waals surface area contributed by atoms with Crippen molar-refractivity contribution in [3.63, 3.8) is 0 Å². The van der Waals surface area contributed by atoms with Gasteiger partial charge in [0.25, 0.3) is 5.91 Å². The smallest absolute Gasteiger partial charge is 0.256 e. The van der Waals surface area contributed by atoms with Gasteiger partial charge in [0.1, 0.15) is 29.1 Å². The molecule has 3 fully saturated rings. The van der Waals surface area contributed by atoms with E-state index in [1.807, 2.05) is 34.1 Å². The molecule has 5 heterocycles. The van der Waals surface area contributed by atoms with Crippen LogP contribution in [0.15, 0.2) is 60.9 Å². The normalized spacial score (nSPS) is 17.9. The van der Waals surface area contributed by atoms with Gasteiger partial charge in [-0.1, -0.05) is 0 Å². The van der Waals surface area contributed by atoms with Gasteiger partial charge in [0, 0.05) is 81.8 Å². The van der Waals surface area contributed by atoms with Crippen LogP contribution in [0.5, 0.6) is 0 Å². The first-order valence-corrected chi connectivity index (χ1v) is 21.1. The Morgan fingerprint density at radius 3 is 2.39 bits per heavy atom. The number of anilines is 3. The van der Waals surface area contributed by atoms with Crippen LogP contribution in [-0.2, 0) is 28.7 Å². The van der Waals surface area contributed by atoms with E-state index in [1.54, 1.807) is 12.3 Å². The van der Waals surface area contributed by atoms with E-state index in [2.05, 4.69) is 36.2 Å². The zero-order valence-corrected chi connectivity index (χ0v) is 34.5. The Morgan fingerprint density at radius 1 is 0.855 bits per heavy atom. The number of piperazine rings is 1. The topological polar surface area (TPSA) is 192 Å². The summed E-state index contributed by atoms with van der Waals surface area (Å²) in [7, 11) is 0. The van der Waals surface area contributed by atoms with E-state index >= 15 is 0 Å². The molecule has 4 N–H and O–H groups in total. The molecular formula is C43H52F2N10O7. The third kappa shape index (κ3) is 11.4. The Balaban J connectivity index is 0.709. The summed E-state index contributed by atoms with van der Waals surface area (Å²) in [5.41, 5.74) is 2.72. The summed E-state index contributed by atoms with van der Waals surface area (Å²) in [6, 6.07) is 12.2. The van der Waals surface area contributed by atoms with Crippen LogP contribution in [0.4, 0.5) is 26.0 Å². The lowest BCUT2D eigenvalue weighted by Gasteiger charge is -2.36. The number of hydrogen-bond donors (Lipinski definition) is 4. The minimum absolute atomic E-state index is 0.0298. The average molecular weight is 859 g/mol. The van der Waals surface area contributed by atoms with Crippen molar-refractivity contribution in [1.82, 2.24) is 35.4 Å². The first kappa shape index (κ1) is 43.9. The molecule has 0 bridgehead atoms. The van der Waals surface area contributed by atoms with Crippen LogP contribution in [0.3, 0.4) is 0 Å². The van der Waals surface area contributed by atoms with Crippen molar-refractivity contribution in [2.75, 3.05) is 87.4 Å². The average Bonchev–Trinajstić information content (AvgIpc) is 3.94. The zero-order valence-electron chi connectivity index (χ0n) is 34.5. The van der Waals surface area contributed by atoms with Crippen molar-refractivity contribution in [3.05, 3.63) is 83.7 Å². The summed E-state index contributed by atoms with van der Waals surface area (Å²) in [6.07, 6.45) is 6.24. The number of nitrogens with one attached hydrogen (secondary N) is 4. The number of imide groups is 1. The molecule has 3 aliphatic rings. The number of carbonyl (C=O) groups excluding carboxylic acids is 5. The Kier molecular flexibility index (Phi) is 14.9. The number of halogens is 2. The molecule has 4 aromatic rings. The van der Waals surface area contributed by atoms with Gasteiger partial charge in [-0.25, -0.2) is 18.3 Å². The molecule has 0 saturated carbocycles. The molecule has 3 aliphatic heterocycles. The number of piperidine rings is 1. The van der Waals surface area contributed by atoms with Gasteiger partial charge in [0.15, 0.2) is 5.65 Å². The zero-order chi connectivity index (χ0) is 43.4. The molecule has 2 atom stereocenters. The lowest BCUT2D eigenvalue weighted by Crippen LogP contribution is -2.49. The summed E-state index contributed by atoms with van der Waals surface area (Å²) >= 11 is 0. The van der Waals surface area contributed by atoms with Gasteiger partial charge in [0.2, 0.25) is 23.6 Å². The van der Waals surface area contributed by atoms with E-state index < -0.39 is 17.7 Å². The van der Waals surface area contributed by atoms with Crippen LogP contribution >= 0.6 is 0 Å². The van der Waals surface area contributed by atoms with Crippen molar-refractivity contribution >= 4 is 52.4 Å². The highest BCUT2D eigenvalue weighted by Crippen LogP contribution is 2.37. The summed E-state index contributed by atoms with van der Waals surface area (Å²) in [5.74, 6) is -1.52. The molecular weight excluding hydrogens is 807 g/mol. The second kappa shape index (κ2) is 21.0. The summed E-state index contributed by atoms with van der Waals surface area (Å²) in [4.78, 5) is 72.2. The summed E-state index contributed by atoms with van der Waals surface area (Å²) in [5, 5.41) is 15.4. The lowest BCUT2D eigenvalue weighted by atomic mass is 10.0. The number of aromatic nitrogens is 3. The van der Waals surface area contributed by atoms with Gasteiger partial charge in [0.05, 0.1) is 45.1 Å². The van der Waals surface area contributed by atoms with Crippen LogP contribution in [0.2, 0.25) is 0 Å². The van der Waals surface area contributed by atoms with Crippen LogP contribution in [-0.4, -0.2) is 127 Å². The molecule has 3 saturated heterocycles. The van der Waals surface area contributed by atoms with Crippen LogP contribution in [0, 0.1) is 11.6 Å². The van der Waals surface area contributed by atoms with Crippen molar-refractivity contribution in [2.24, 2.45) is 0 Å². The van der Waals surface area contributed by atoms with Gasteiger partial charge >= 0.3 is 0 Å². The van der Waals surface area contributed by atoms with E-state index in [1.165, 1.54) is 16.8 Å². The molecule has 17 nitrogen and oxygen atoms in total. The largest absolute Gasteiger partial charge is 0.379 e. The minimum atomic E-state index is -0.504. The number of nitrogens with zero attached hydrogens (tertiary/aromatic N) is 6. The summed E-state index contributed by atoms with van der Waals surface area (Å²) < 4.78 is 41.2. The standard InChI is InChI=1S/C43H52F2N10O7/c44-29-4-9-34(45)32(27-29)36-3-1-17-54(36)37-12-18-55-41(50-37)33(28-48-55)42(59)47-16-2-15-46-38(56)13-23-61-25-26-62-24-14-40(58)53-21-19-52(20-22-53)31-7-5-30(6-8-31)49-35-10-11-39(57)51-43(35)60/h4-9,12,18,27-28,35-36,49H,1-3,10-11,13-17,19-26H2,(H,46,56)(H,47,59)(H,51,57,60). The van der Waals surface area contributed by atoms with Crippen molar-refractivity contribution < 1.29 is 42.2 Å². The maximum absolute atomic E-state index is 14.6. The fraction of sp³-hybridized carbons (Fsp3) is 0.465. The minimum Gasteiger partial charge on any atom is -0.379 e. The second-order valence-electron chi connectivity index (χ2n) is 15.4. The number of amides is 5. The summed E-state index contributed by atoms with van der Waals surface area (Å²) in [6.45, 7) is 4.94. The number of carbonyl (C=O) groups is 5. The lowest BCUT2D eigenvalue weighted by molar-refractivity contribution is -0.134. The van der Waals surface area contributed by atoms with E-state index in [-0.39, 0.29) is 79.4 Å². The van der Waals surface area contributed by atoms with E-state index in [4.69, 9.17) is 9.47 Å². The molecule has 2 unspecified atom stereocenters. The first-order valence-electron chi connectivity index (χ1n) is 21.1. The number of hydrogen-bond acceptors (Lipinski definition) is 12. The Hall–Kier alpha value is -6.21. The maximum Gasteiger partial charge on any atom is 0.256 e. The Bertz CT molecular complexity index is 2220. The van der Waals surface area contributed by atoms with Gasteiger partial charge in [-0.2, -0.15) is 5.10 Å². The molecule has 19 heteroatoms. The number of benzene rings is 2. The van der Waals surface area contributed by atoms with Crippen LogP contribution < -0.4 is 31.1 Å². The molecule has 0 spiro atoms. The van der Waals surface area contributed by atoms with Crippen molar-refractivity contribution in [2.45, 2.75) is 57.0 Å². The van der Waals surface area contributed by atoms with Crippen LogP contribution in [0.25, 0.3) is 5.65 Å². The predicted octanol–water partition coefficient (Wildman–Crippen LogP) is 2.96. The maximum atomic E-state index is 14.6. The highest BCUT2D eigenvalue weighted by molar-refractivity contribution is 6.01. The third-order valence-electron chi connectivity index (χ3n) is 11.2. The third-order valence-corrected chi connectivity index (χ3v) is 11.2. The second-order valence-corrected chi connectivity index (χ2v) is 15.4. The van der Waals surface area contributed by atoms with Gasteiger partial charge in [-0.05, 0) is 74.2 Å². The molecule has 5 amide bonds. The molecule has 0 radical (unpaired) electrons. The van der Waals surface area contributed by atoms with E-state index in [0.717, 1.165) is 29.9 Å². The van der Waals surface area contributed by atoms with Gasteiger partial charge < -0.3 is 40.1 Å². The van der Waals surface area contributed by atoms with Crippen molar-refractivity contribution in [1.29, 1.82) is 0 Å². The highest BCUT2D eigenvalue weighted by atomic mass is 19.1. The SMILES string of the molecule is O=C(CCOCCOCCC(=O)N1CCN(c2ccc(NC3CCC(=O)NC3=O)cc2)CC1)NCCCNC(=O)c1cnn2ccc(N3CCCC3c3cc(F)ccc3F)nc12. The van der Waals surface area contributed by atoms with Gasteiger partial charge in [-0.3, -0.25) is 29.3 Å². The highest BCUT2D eigenvalue weighted by Gasteiger charge is 2.31. The van der Waals surface area contributed by atoms with Crippen LogP contribution in [0.1, 0.15) is 66.9 Å². The Labute approximate surface area is 357 Å². The predicted molar refractivity (Wildman–Crippen MR) is 225 cm³/mol. The first-order chi connectivity index (χ1) is 30.1. The molecule has 7 rings (SSSR count). The molecule has 2 aromatic heterocycles. The molecule has 330 valence electrons. The number of ether oxygens (including phenoxy) is 2.